The van der Waals surface area contributed by atoms with Gasteiger partial charge < -0.3 is 24.3 Å². The standard InChI is InChI=1S/C29H36FN3O4/c1-5-36-17-7-16-32(29(35)31-27-9-6-8-21(2)23(27)4)20-28(34)33(19-26-15-10-22(3)37-26)18-24-11-13-25(30)14-12-24/h6,8-15H,5,7,16-20H2,1-4H3,(H,31,35). The van der Waals surface area contributed by atoms with Crippen LogP contribution in [-0.2, 0) is 22.6 Å². The molecule has 1 N–H and O–H groups in total. The molecule has 198 valence electrons. The van der Waals surface area contributed by atoms with Crippen LogP contribution in [0.1, 0.15) is 41.6 Å². The number of hydrogen-bond acceptors (Lipinski definition) is 4. The summed E-state index contributed by atoms with van der Waals surface area (Å²) in [4.78, 5) is 30.0. The number of rotatable bonds is 12. The molecule has 0 saturated carbocycles. The molecule has 37 heavy (non-hydrogen) atoms. The highest BCUT2D eigenvalue weighted by atomic mass is 19.1. The molecule has 0 aliphatic carbocycles. The van der Waals surface area contributed by atoms with E-state index in [-0.39, 0.29) is 37.4 Å². The Morgan fingerprint density at radius 1 is 0.973 bits per heavy atom. The second kappa shape index (κ2) is 13.6. The Labute approximate surface area is 218 Å². The summed E-state index contributed by atoms with van der Waals surface area (Å²) in [6.45, 7) is 9.48. The van der Waals surface area contributed by atoms with Crippen LogP contribution in [0.15, 0.2) is 59.0 Å². The first-order valence-corrected chi connectivity index (χ1v) is 12.5. The van der Waals surface area contributed by atoms with Gasteiger partial charge in [0.25, 0.3) is 0 Å². The molecule has 0 radical (unpaired) electrons. The predicted octanol–water partition coefficient (Wildman–Crippen LogP) is 5.83. The van der Waals surface area contributed by atoms with Gasteiger partial charge in [-0.3, -0.25) is 4.79 Å². The Morgan fingerprint density at radius 3 is 2.41 bits per heavy atom. The van der Waals surface area contributed by atoms with Crippen LogP contribution in [0.25, 0.3) is 0 Å². The first-order chi connectivity index (χ1) is 17.8. The first kappa shape index (κ1) is 27.9. The number of ether oxygens (including phenoxy) is 1. The number of aryl methyl sites for hydroxylation is 2. The van der Waals surface area contributed by atoms with Crippen LogP contribution in [0.2, 0.25) is 0 Å². The fourth-order valence-electron chi connectivity index (χ4n) is 3.90. The topological polar surface area (TPSA) is 75.0 Å². The quantitative estimate of drug-likeness (QED) is 0.312. The van der Waals surface area contributed by atoms with E-state index in [1.54, 1.807) is 17.0 Å². The van der Waals surface area contributed by atoms with E-state index in [9.17, 15) is 14.0 Å². The molecular formula is C29H36FN3O4. The van der Waals surface area contributed by atoms with Gasteiger partial charge in [0.2, 0.25) is 5.91 Å². The van der Waals surface area contributed by atoms with Gasteiger partial charge in [-0.15, -0.1) is 0 Å². The van der Waals surface area contributed by atoms with Crippen molar-refractivity contribution >= 4 is 17.6 Å². The third-order valence-corrected chi connectivity index (χ3v) is 6.16. The van der Waals surface area contributed by atoms with Crippen molar-refractivity contribution in [1.82, 2.24) is 9.80 Å². The lowest BCUT2D eigenvalue weighted by Gasteiger charge is -2.28. The molecule has 0 aliphatic heterocycles. The Hall–Kier alpha value is -3.65. The van der Waals surface area contributed by atoms with Crippen molar-refractivity contribution in [1.29, 1.82) is 0 Å². The first-order valence-electron chi connectivity index (χ1n) is 12.5. The van der Waals surface area contributed by atoms with Gasteiger partial charge in [-0.25, -0.2) is 9.18 Å². The summed E-state index contributed by atoms with van der Waals surface area (Å²) in [5, 5.41) is 2.96. The summed E-state index contributed by atoms with van der Waals surface area (Å²) in [5.74, 6) is 0.795. The van der Waals surface area contributed by atoms with Gasteiger partial charge in [-0.1, -0.05) is 24.3 Å². The van der Waals surface area contributed by atoms with Crippen LogP contribution >= 0.6 is 0 Å². The van der Waals surface area contributed by atoms with Crippen molar-refractivity contribution in [3.63, 3.8) is 0 Å². The number of anilines is 1. The minimum Gasteiger partial charge on any atom is -0.464 e. The minimum absolute atomic E-state index is 0.121. The molecule has 3 aromatic rings. The summed E-state index contributed by atoms with van der Waals surface area (Å²) in [6, 6.07) is 15.1. The molecule has 0 atom stereocenters. The van der Waals surface area contributed by atoms with Gasteiger partial charge in [0.05, 0.1) is 6.54 Å². The lowest BCUT2D eigenvalue weighted by atomic mass is 10.1. The lowest BCUT2D eigenvalue weighted by molar-refractivity contribution is -0.133. The molecular weight excluding hydrogens is 473 g/mol. The van der Waals surface area contributed by atoms with Crippen molar-refractivity contribution in [2.24, 2.45) is 0 Å². The average molecular weight is 510 g/mol. The van der Waals surface area contributed by atoms with Crippen molar-refractivity contribution < 1.29 is 23.1 Å². The normalized spacial score (nSPS) is 10.8. The Balaban J connectivity index is 1.78. The molecule has 0 spiro atoms. The highest BCUT2D eigenvalue weighted by Crippen LogP contribution is 2.19. The number of amides is 3. The van der Waals surface area contributed by atoms with E-state index < -0.39 is 0 Å². The average Bonchev–Trinajstić information content (AvgIpc) is 3.29. The van der Waals surface area contributed by atoms with Gasteiger partial charge in [-0.2, -0.15) is 0 Å². The summed E-state index contributed by atoms with van der Waals surface area (Å²) < 4.78 is 24.6. The van der Waals surface area contributed by atoms with Gasteiger partial charge >= 0.3 is 6.03 Å². The number of nitrogens with zero attached hydrogens (tertiary/aromatic N) is 2. The summed E-state index contributed by atoms with van der Waals surface area (Å²) in [7, 11) is 0. The maximum Gasteiger partial charge on any atom is 0.322 e. The van der Waals surface area contributed by atoms with E-state index >= 15 is 0 Å². The van der Waals surface area contributed by atoms with Crippen LogP contribution in [0.3, 0.4) is 0 Å². The van der Waals surface area contributed by atoms with Crippen LogP contribution in [0, 0.1) is 26.6 Å². The third kappa shape index (κ3) is 8.46. The molecule has 1 aromatic heterocycles. The lowest BCUT2D eigenvalue weighted by Crippen LogP contribution is -2.44. The van der Waals surface area contributed by atoms with E-state index in [0.717, 1.165) is 22.5 Å². The zero-order valence-corrected chi connectivity index (χ0v) is 22.1. The van der Waals surface area contributed by atoms with Crippen molar-refractivity contribution in [3.8, 4) is 0 Å². The Morgan fingerprint density at radius 2 is 1.73 bits per heavy atom. The van der Waals surface area contributed by atoms with Crippen LogP contribution in [0.4, 0.5) is 14.9 Å². The van der Waals surface area contributed by atoms with Gasteiger partial charge in [0.15, 0.2) is 0 Å². The van der Waals surface area contributed by atoms with E-state index in [0.29, 0.717) is 37.6 Å². The van der Waals surface area contributed by atoms with Crippen molar-refractivity contribution in [3.05, 3.63) is 88.6 Å². The molecule has 0 bridgehead atoms. The summed E-state index contributed by atoms with van der Waals surface area (Å²) >= 11 is 0. The zero-order chi connectivity index (χ0) is 26.8. The maximum atomic E-state index is 13.6. The fraction of sp³-hybridized carbons (Fsp3) is 0.379. The molecule has 2 aromatic carbocycles. The summed E-state index contributed by atoms with van der Waals surface area (Å²) in [6.07, 6.45) is 0.594. The molecule has 0 aliphatic rings. The third-order valence-electron chi connectivity index (χ3n) is 6.16. The fourth-order valence-corrected chi connectivity index (χ4v) is 3.90. The van der Waals surface area contributed by atoms with E-state index in [2.05, 4.69) is 5.32 Å². The van der Waals surface area contributed by atoms with Gasteiger partial charge in [-0.05, 0) is 81.1 Å². The molecule has 8 heteroatoms. The molecule has 3 rings (SSSR count). The molecule has 3 amide bonds. The minimum atomic E-state index is -0.353. The van der Waals surface area contributed by atoms with E-state index in [4.69, 9.17) is 9.15 Å². The number of nitrogens with one attached hydrogen (secondary N) is 1. The highest BCUT2D eigenvalue weighted by Gasteiger charge is 2.23. The molecule has 7 nitrogen and oxygen atoms in total. The van der Waals surface area contributed by atoms with Gasteiger partial charge in [0, 0.05) is 32.0 Å². The number of urea groups is 1. The summed E-state index contributed by atoms with van der Waals surface area (Å²) in [5.41, 5.74) is 3.53. The Bertz CT molecular complexity index is 1180. The maximum absolute atomic E-state index is 13.6. The van der Waals surface area contributed by atoms with Crippen LogP contribution in [-0.4, -0.2) is 48.0 Å². The Kier molecular flexibility index (Phi) is 10.3. The van der Waals surface area contributed by atoms with Crippen LogP contribution < -0.4 is 5.32 Å². The molecule has 1 heterocycles. The van der Waals surface area contributed by atoms with Gasteiger partial charge in [0.1, 0.15) is 23.9 Å². The number of halogens is 1. The number of hydrogen-bond donors (Lipinski definition) is 1. The van der Waals surface area contributed by atoms with Crippen LogP contribution in [0.5, 0.6) is 0 Å². The second-order valence-corrected chi connectivity index (χ2v) is 9.04. The number of benzene rings is 2. The van der Waals surface area contributed by atoms with E-state index in [1.165, 1.54) is 17.0 Å². The SMILES string of the molecule is CCOCCCN(CC(=O)N(Cc1ccc(F)cc1)Cc1ccc(C)o1)C(=O)Nc1cccc(C)c1C. The molecule has 0 fully saturated rings. The largest absolute Gasteiger partial charge is 0.464 e. The zero-order valence-electron chi connectivity index (χ0n) is 22.1. The second-order valence-electron chi connectivity index (χ2n) is 9.04. The molecule has 0 saturated heterocycles. The number of furan rings is 1. The predicted molar refractivity (Wildman–Crippen MR) is 142 cm³/mol. The molecule has 0 unspecified atom stereocenters. The van der Waals surface area contributed by atoms with Crippen molar-refractivity contribution in [2.45, 2.75) is 47.2 Å². The smallest absolute Gasteiger partial charge is 0.322 e. The van der Waals surface area contributed by atoms with Crippen molar-refractivity contribution in [2.75, 3.05) is 31.6 Å². The number of carbonyl (C=O) groups is 2. The number of carbonyl (C=O) groups excluding carboxylic acids is 2. The monoisotopic (exact) mass is 509 g/mol. The van der Waals surface area contributed by atoms with E-state index in [1.807, 2.05) is 58.0 Å². The highest BCUT2D eigenvalue weighted by molar-refractivity contribution is 5.93.